The van der Waals surface area contributed by atoms with E-state index in [1.54, 1.807) is 24.3 Å². The molecule has 2 rings (SSSR count). The minimum atomic E-state index is -3.37. The first kappa shape index (κ1) is 18.4. The summed E-state index contributed by atoms with van der Waals surface area (Å²) in [5.74, 6) is 0. The minimum Gasteiger partial charge on any atom is -0.316 e. The molecule has 1 unspecified atom stereocenters. The van der Waals surface area contributed by atoms with Crippen molar-refractivity contribution >= 4 is 22.4 Å². The predicted octanol–water partition coefficient (Wildman–Crippen LogP) is 1.07. The maximum atomic E-state index is 12.1. The lowest BCUT2D eigenvalue weighted by molar-refractivity contribution is 0.198. The van der Waals surface area contributed by atoms with E-state index in [2.05, 4.69) is 14.9 Å². The molecule has 0 aliphatic carbocycles. The Kier molecular flexibility index (Phi) is 7.62. The second-order valence-corrected chi connectivity index (χ2v) is 6.91. The number of hydrogen-bond acceptors (Lipinski definition) is 4. The Hall–Kier alpha value is -0.660. The van der Waals surface area contributed by atoms with Gasteiger partial charge in [0.05, 0.1) is 4.90 Å². The van der Waals surface area contributed by atoms with Crippen LogP contribution < -0.4 is 10.0 Å². The third kappa shape index (κ3) is 5.56. The molecule has 1 aliphatic heterocycles. The predicted molar refractivity (Wildman–Crippen MR) is 87.4 cm³/mol. The monoisotopic (exact) mass is 333 g/mol. The van der Waals surface area contributed by atoms with Crippen LogP contribution in [0.5, 0.6) is 0 Å². The fourth-order valence-corrected chi connectivity index (χ4v) is 3.56. The quantitative estimate of drug-likeness (QED) is 0.817. The number of likely N-dealkylation sites (N-methyl/N-ethyl adjacent to an activating group) is 1. The number of nitrogens with one attached hydrogen (secondary N) is 2. The van der Waals surface area contributed by atoms with Crippen molar-refractivity contribution in [3.8, 4) is 0 Å². The van der Waals surface area contributed by atoms with Crippen molar-refractivity contribution in [2.45, 2.75) is 23.8 Å². The molecular weight excluding hydrogens is 310 g/mol. The molecule has 7 heteroatoms. The van der Waals surface area contributed by atoms with E-state index in [-0.39, 0.29) is 12.4 Å². The van der Waals surface area contributed by atoms with Crippen molar-refractivity contribution in [3.05, 3.63) is 30.3 Å². The van der Waals surface area contributed by atoms with Crippen LogP contribution in [0, 0.1) is 0 Å². The van der Waals surface area contributed by atoms with E-state index in [1.165, 1.54) is 6.42 Å². The van der Waals surface area contributed by atoms with Gasteiger partial charge in [-0.15, -0.1) is 12.4 Å². The lowest BCUT2D eigenvalue weighted by atomic mass is 10.1. The Morgan fingerprint density at radius 3 is 2.67 bits per heavy atom. The number of piperidine rings is 1. The molecule has 0 aromatic heterocycles. The normalized spacial score (nSPS) is 20.0. The summed E-state index contributed by atoms with van der Waals surface area (Å²) >= 11 is 0. The first-order chi connectivity index (χ1) is 9.62. The topological polar surface area (TPSA) is 61.4 Å². The number of benzene rings is 1. The Bertz CT molecular complexity index is 510. The zero-order chi connectivity index (χ0) is 14.4. The van der Waals surface area contributed by atoms with Crippen LogP contribution in [0.4, 0.5) is 0 Å². The van der Waals surface area contributed by atoms with Gasteiger partial charge in [0.15, 0.2) is 0 Å². The van der Waals surface area contributed by atoms with Crippen LogP contribution >= 0.6 is 12.4 Å². The Morgan fingerprint density at radius 2 is 2.00 bits per heavy atom. The number of rotatable bonds is 6. The fourth-order valence-electron chi connectivity index (χ4n) is 2.52. The summed E-state index contributed by atoms with van der Waals surface area (Å²) in [7, 11) is -1.39. The summed E-state index contributed by atoms with van der Waals surface area (Å²) in [6.45, 7) is 3.24. The molecule has 120 valence electrons. The van der Waals surface area contributed by atoms with Gasteiger partial charge in [0.2, 0.25) is 10.0 Å². The first-order valence-electron chi connectivity index (χ1n) is 7.06. The van der Waals surface area contributed by atoms with Crippen LogP contribution in [0.25, 0.3) is 0 Å². The maximum absolute atomic E-state index is 12.1. The van der Waals surface area contributed by atoms with Crippen molar-refractivity contribution in [3.63, 3.8) is 0 Å². The summed E-state index contributed by atoms with van der Waals surface area (Å²) < 4.78 is 26.8. The van der Waals surface area contributed by atoms with Gasteiger partial charge in [-0.1, -0.05) is 18.2 Å². The minimum absolute atomic E-state index is 0. The molecule has 1 aromatic rings. The summed E-state index contributed by atoms with van der Waals surface area (Å²) in [6.07, 6.45) is 2.36. The van der Waals surface area contributed by atoms with Crippen molar-refractivity contribution in [1.82, 2.24) is 14.9 Å². The largest absolute Gasteiger partial charge is 0.316 e. The van der Waals surface area contributed by atoms with Crippen molar-refractivity contribution in [2.75, 3.05) is 33.2 Å². The summed E-state index contributed by atoms with van der Waals surface area (Å²) in [6, 6.07) is 9.02. The van der Waals surface area contributed by atoms with Crippen LogP contribution in [0.3, 0.4) is 0 Å². The lowest BCUT2D eigenvalue weighted by Crippen LogP contribution is -2.46. The molecular formula is C14H24ClN3O2S. The van der Waals surface area contributed by atoms with Gasteiger partial charge in [0, 0.05) is 25.7 Å². The summed E-state index contributed by atoms with van der Waals surface area (Å²) in [5.41, 5.74) is 0. The van der Waals surface area contributed by atoms with Gasteiger partial charge >= 0.3 is 0 Å². The van der Waals surface area contributed by atoms with Gasteiger partial charge in [0.25, 0.3) is 0 Å². The number of nitrogens with zero attached hydrogens (tertiary/aromatic N) is 1. The van der Waals surface area contributed by atoms with Gasteiger partial charge in [-0.3, -0.25) is 0 Å². The summed E-state index contributed by atoms with van der Waals surface area (Å²) in [4.78, 5) is 2.63. The molecule has 0 amide bonds. The Balaban J connectivity index is 0.00000220. The molecule has 0 spiro atoms. The molecule has 1 aliphatic rings. The van der Waals surface area contributed by atoms with Gasteiger partial charge in [0.1, 0.15) is 0 Å². The molecule has 1 fully saturated rings. The van der Waals surface area contributed by atoms with Crippen molar-refractivity contribution in [2.24, 2.45) is 0 Å². The number of halogens is 1. The van der Waals surface area contributed by atoms with Crippen LogP contribution in [0.1, 0.15) is 12.8 Å². The smallest absolute Gasteiger partial charge is 0.240 e. The molecule has 1 saturated heterocycles. The Labute approximate surface area is 133 Å². The SMILES string of the molecule is CNC1CCCN(CCNS(=O)(=O)c2ccccc2)C1.Cl. The number of hydrogen-bond donors (Lipinski definition) is 2. The molecule has 5 nitrogen and oxygen atoms in total. The second-order valence-electron chi connectivity index (χ2n) is 5.14. The highest BCUT2D eigenvalue weighted by atomic mass is 35.5. The van der Waals surface area contributed by atoms with E-state index in [4.69, 9.17) is 0 Å². The highest BCUT2D eigenvalue weighted by Gasteiger charge is 2.19. The molecule has 0 bridgehead atoms. The van der Waals surface area contributed by atoms with Crippen LogP contribution in [0.15, 0.2) is 35.2 Å². The highest BCUT2D eigenvalue weighted by Crippen LogP contribution is 2.10. The van der Waals surface area contributed by atoms with Crippen LogP contribution in [-0.4, -0.2) is 52.6 Å². The van der Waals surface area contributed by atoms with Gasteiger partial charge in [-0.2, -0.15) is 0 Å². The molecule has 1 heterocycles. The molecule has 2 N–H and O–H groups in total. The van der Waals surface area contributed by atoms with E-state index >= 15 is 0 Å². The number of likely N-dealkylation sites (tertiary alicyclic amines) is 1. The highest BCUT2D eigenvalue weighted by molar-refractivity contribution is 7.89. The van der Waals surface area contributed by atoms with E-state index in [9.17, 15) is 8.42 Å². The van der Waals surface area contributed by atoms with E-state index in [1.807, 2.05) is 13.1 Å². The maximum Gasteiger partial charge on any atom is 0.240 e. The molecule has 1 atom stereocenters. The average molecular weight is 334 g/mol. The fraction of sp³-hybridized carbons (Fsp3) is 0.571. The van der Waals surface area contributed by atoms with E-state index < -0.39 is 10.0 Å². The van der Waals surface area contributed by atoms with Crippen LogP contribution in [0.2, 0.25) is 0 Å². The van der Waals surface area contributed by atoms with Crippen LogP contribution in [-0.2, 0) is 10.0 Å². The average Bonchev–Trinajstić information content (AvgIpc) is 2.48. The summed E-state index contributed by atoms with van der Waals surface area (Å²) in [5, 5.41) is 3.29. The lowest BCUT2D eigenvalue weighted by Gasteiger charge is -2.32. The Morgan fingerprint density at radius 1 is 1.29 bits per heavy atom. The standard InChI is InChI=1S/C14H23N3O2S.ClH/c1-15-13-6-5-10-17(12-13)11-9-16-20(18,19)14-7-3-2-4-8-14;/h2-4,7-8,13,15-16H,5-6,9-12H2,1H3;1H. The van der Waals surface area contributed by atoms with Gasteiger partial charge < -0.3 is 10.2 Å². The zero-order valence-corrected chi connectivity index (χ0v) is 13.9. The molecule has 21 heavy (non-hydrogen) atoms. The third-order valence-electron chi connectivity index (χ3n) is 3.69. The molecule has 1 aromatic carbocycles. The molecule has 0 saturated carbocycles. The van der Waals surface area contributed by atoms with Gasteiger partial charge in [-0.05, 0) is 38.6 Å². The van der Waals surface area contributed by atoms with Crippen molar-refractivity contribution < 1.29 is 8.42 Å². The first-order valence-corrected chi connectivity index (χ1v) is 8.54. The third-order valence-corrected chi connectivity index (χ3v) is 5.16. The number of sulfonamides is 1. The second kappa shape index (κ2) is 8.70. The van der Waals surface area contributed by atoms with E-state index in [0.29, 0.717) is 17.5 Å². The van der Waals surface area contributed by atoms with Crippen molar-refractivity contribution in [1.29, 1.82) is 0 Å². The zero-order valence-electron chi connectivity index (χ0n) is 12.3. The van der Waals surface area contributed by atoms with E-state index in [0.717, 1.165) is 26.1 Å². The van der Waals surface area contributed by atoms with Gasteiger partial charge in [-0.25, -0.2) is 13.1 Å². The molecule has 0 radical (unpaired) electrons.